The van der Waals surface area contributed by atoms with Gasteiger partial charge in [0.1, 0.15) is 12.6 Å². The van der Waals surface area contributed by atoms with Gasteiger partial charge in [-0.25, -0.2) is 0 Å². The second-order valence-electron chi connectivity index (χ2n) is 7.01. The average Bonchev–Trinajstić information content (AvgIpc) is 2.77. The zero-order chi connectivity index (χ0) is 22.7. The highest BCUT2D eigenvalue weighted by atomic mass is 32.2. The van der Waals surface area contributed by atoms with Gasteiger partial charge in [0.25, 0.3) is 10.1 Å². The number of ether oxygens (including phenoxy) is 1. The SMILES string of the molecule is Cc1ccc(S(=O)(=O)O)cc1.NC(CCc1ccccc1)C(=O)OCc1ccccc1. The Morgan fingerprint density at radius 1 is 0.903 bits per heavy atom. The molecule has 3 N–H and O–H groups in total. The minimum Gasteiger partial charge on any atom is -0.460 e. The minimum absolute atomic E-state index is 0.0666. The van der Waals surface area contributed by atoms with Crippen LogP contribution in [0, 0.1) is 6.92 Å². The van der Waals surface area contributed by atoms with E-state index in [2.05, 4.69) is 0 Å². The van der Waals surface area contributed by atoms with Gasteiger partial charge in [0, 0.05) is 0 Å². The lowest BCUT2D eigenvalue weighted by Gasteiger charge is -2.11. The van der Waals surface area contributed by atoms with E-state index in [4.69, 9.17) is 15.0 Å². The number of esters is 1. The van der Waals surface area contributed by atoms with E-state index in [-0.39, 0.29) is 17.5 Å². The maximum absolute atomic E-state index is 11.8. The molecular weight excluding hydrogens is 414 g/mol. The quantitative estimate of drug-likeness (QED) is 0.425. The average molecular weight is 442 g/mol. The van der Waals surface area contributed by atoms with Crippen molar-refractivity contribution in [2.24, 2.45) is 5.73 Å². The summed E-state index contributed by atoms with van der Waals surface area (Å²) in [5.74, 6) is -0.343. The zero-order valence-corrected chi connectivity index (χ0v) is 18.2. The first-order valence-corrected chi connectivity index (χ1v) is 11.2. The van der Waals surface area contributed by atoms with E-state index in [1.54, 1.807) is 12.1 Å². The second kappa shape index (κ2) is 12.0. The van der Waals surface area contributed by atoms with Gasteiger partial charge in [-0.05, 0) is 43.0 Å². The third-order valence-electron chi connectivity index (χ3n) is 4.43. The molecule has 0 bridgehead atoms. The normalized spacial score (nSPS) is 11.7. The van der Waals surface area contributed by atoms with E-state index in [0.29, 0.717) is 6.42 Å². The number of hydrogen-bond acceptors (Lipinski definition) is 5. The highest BCUT2D eigenvalue weighted by Crippen LogP contribution is 2.09. The van der Waals surface area contributed by atoms with Crippen LogP contribution in [0.15, 0.2) is 89.8 Å². The molecule has 0 saturated carbocycles. The Hall–Kier alpha value is -3.00. The molecule has 0 spiro atoms. The first-order chi connectivity index (χ1) is 14.8. The van der Waals surface area contributed by atoms with Gasteiger partial charge < -0.3 is 10.5 Å². The van der Waals surface area contributed by atoms with Crippen LogP contribution in [-0.4, -0.2) is 25.0 Å². The third-order valence-corrected chi connectivity index (χ3v) is 5.30. The Balaban J connectivity index is 0.000000262. The summed E-state index contributed by atoms with van der Waals surface area (Å²) in [4.78, 5) is 11.7. The standard InChI is InChI=1S/C17H19NO2.C7H8O3S/c18-16(12-11-14-7-3-1-4-8-14)17(19)20-13-15-9-5-2-6-10-15;1-6-2-4-7(5-3-6)11(8,9)10/h1-10,16H,11-13,18H2;2-5H,1H3,(H,8,9,10). The predicted octanol–water partition coefficient (Wildman–Crippen LogP) is 3.93. The van der Waals surface area contributed by atoms with Gasteiger partial charge >= 0.3 is 5.97 Å². The summed E-state index contributed by atoms with van der Waals surface area (Å²) < 4.78 is 34.8. The van der Waals surface area contributed by atoms with Gasteiger partial charge in [-0.15, -0.1) is 0 Å². The lowest BCUT2D eigenvalue weighted by molar-refractivity contribution is -0.146. The van der Waals surface area contributed by atoms with Gasteiger partial charge in [0.15, 0.2) is 0 Å². The highest BCUT2D eigenvalue weighted by molar-refractivity contribution is 7.85. The first kappa shape index (κ1) is 24.3. The van der Waals surface area contributed by atoms with E-state index in [1.807, 2.05) is 67.6 Å². The Labute approximate surface area is 183 Å². The van der Waals surface area contributed by atoms with E-state index in [0.717, 1.165) is 17.5 Å². The van der Waals surface area contributed by atoms with Crippen molar-refractivity contribution in [1.82, 2.24) is 0 Å². The van der Waals surface area contributed by atoms with Gasteiger partial charge in [0.2, 0.25) is 0 Å². The Morgan fingerprint density at radius 3 is 1.94 bits per heavy atom. The smallest absolute Gasteiger partial charge is 0.323 e. The molecule has 3 rings (SSSR count). The van der Waals surface area contributed by atoms with Crippen LogP contribution in [0.3, 0.4) is 0 Å². The zero-order valence-electron chi connectivity index (χ0n) is 17.3. The fourth-order valence-electron chi connectivity index (χ4n) is 2.63. The monoisotopic (exact) mass is 441 g/mol. The van der Waals surface area contributed by atoms with Gasteiger partial charge in [-0.1, -0.05) is 78.4 Å². The molecule has 7 heteroatoms. The van der Waals surface area contributed by atoms with Gasteiger partial charge in [-0.2, -0.15) is 8.42 Å². The Bertz CT molecular complexity index is 1040. The van der Waals surface area contributed by atoms with Crippen LogP contribution in [0.1, 0.15) is 23.1 Å². The topological polar surface area (TPSA) is 107 Å². The van der Waals surface area contributed by atoms with Crippen molar-refractivity contribution in [3.8, 4) is 0 Å². The molecule has 0 aliphatic heterocycles. The van der Waals surface area contributed by atoms with E-state index < -0.39 is 16.2 Å². The number of nitrogens with two attached hydrogens (primary N) is 1. The maximum atomic E-state index is 11.8. The fraction of sp³-hybridized carbons (Fsp3) is 0.208. The summed E-state index contributed by atoms with van der Waals surface area (Å²) in [5, 5.41) is 0. The van der Waals surface area contributed by atoms with Crippen molar-refractivity contribution < 1.29 is 22.5 Å². The van der Waals surface area contributed by atoms with Gasteiger partial charge in [-0.3, -0.25) is 9.35 Å². The van der Waals surface area contributed by atoms with E-state index >= 15 is 0 Å². The van der Waals surface area contributed by atoms with Crippen LogP contribution in [0.2, 0.25) is 0 Å². The molecular formula is C24H27NO5S. The highest BCUT2D eigenvalue weighted by Gasteiger charge is 2.14. The molecule has 0 heterocycles. The molecule has 0 fully saturated rings. The number of benzene rings is 3. The number of aryl methyl sites for hydroxylation is 2. The van der Waals surface area contributed by atoms with Crippen molar-refractivity contribution in [2.75, 3.05) is 0 Å². The van der Waals surface area contributed by atoms with Gasteiger partial charge in [0.05, 0.1) is 4.90 Å². The van der Waals surface area contributed by atoms with Crippen molar-refractivity contribution in [1.29, 1.82) is 0 Å². The van der Waals surface area contributed by atoms with Crippen LogP contribution in [0.25, 0.3) is 0 Å². The molecule has 164 valence electrons. The van der Waals surface area contributed by atoms with Crippen molar-refractivity contribution in [3.63, 3.8) is 0 Å². The minimum atomic E-state index is -4.02. The van der Waals surface area contributed by atoms with Crippen LogP contribution < -0.4 is 5.73 Å². The molecule has 1 atom stereocenters. The summed E-state index contributed by atoms with van der Waals surface area (Å²) in [7, 11) is -4.02. The molecule has 3 aromatic carbocycles. The lowest BCUT2D eigenvalue weighted by Crippen LogP contribution is -2.32. The van der Waals surface area contributed by atoms with Crippen molar-refractivity contribution in [3.05, 3.63) is 102 Å². The molecule has 3 aromatic rings. The Morgan fingerprint density at radius 2 is 1.42 bits per heavy atom. The van der Waals surface area contributed by atoms with E-state index in [9.17, 15) is 13.2 Å². The third kappa shape index (κ3) is 9.13. The fourth-order valence-corrected chi connectivity index (χ4v) is 3.11. The molecule has 0 aliphatic carbocycles. The molecule has 1 unspecified atom stereocenters. The molecule has 0 saturated heterocycles. The summed E-state index contributed by atoms with van der Waals surface area (Å²) >= 11 is 0. The summed E-state index contributed by atoms with van der Waals surface area (Å²) in [6.07, 6.45) is 1.38. The number of carbonyl (C=O) groups is 1. The largest absolute Gasteiger partial charge is 0.460 e. The molecule has 0 radical (unpaired) electrons. The molecule has 0 aromatic heterocycles. The number of hydrogen-bond donors (Lipinski definition) is 2. The van der Waals surface area contributed by atoms with Crippen LogP contribution >= 0.6 is 0 Å². The van der Waals surface area contributed by atoms with E-state index in [1.165, 1.54) is 17.7 Å². The van der Waals surface area contributed by atoms with Crippen LogP contribution in [-0.2, 0) is 32.7 Å². The second-order valence-corrected chi connectivity index (χ2v) is 8.43. The Kier molecular flexibility index (Phi) is 9.40. The van der Waals surface area contributed by atoms with Crippen molar-refractivity contribution >= 4 is 16.1 Å². The lowest BCUT2D eigenvalue weighted by atomic mass is 10.1. The van der Waals surface area contributed by atoms with Crippen LogP contribution in [0.4, 0.5) is 0 Å². The molecule has 0 aliphatic rings. The first-order valence-electron chi connectivity index (χ1n) is 9.80. The predicted molar refractivity (Wildman–Crippen MR) is 120 cm³/mol. The summed E-state index contributed by atoms with van der Waals surface area (Å²) in [6.45, 7) is 2.12. The van der Waals surface area contributed by atoms with Crippen molar-refractivity contribution in [2.45, 2.75) is 37.3 Å². The molecule has 31 heavy (non-hydrogen) atoms. The number of rotatable bonds is 7. The maximum Gasteiger partial charge on any atom is 0.323 e. The number of carbonyl (C=O) groups excluding carboxylic acids is 1. The molecule has 0 amide bonds. The van der Waals surface area contributed by atoms with Crippen LogP contribution in [0.5, 0.6) is 0 Å². The summed E-state index contributed by atoms with van der Waals surface area (Å²) in [5.41, 5.74) is 8.96. The molecule has 6 nitrogen and oxygen atoms in total. The summed E-state index contributed by atoms with van der Waals surface area (Å²) in [6, 6.07) is 25.0.